The first-order valence-electron chi connectivity index (χ1n) is 7.31. The maximum Gasteiger partial charge on any atom is 0.240 e. The molecule has 2 aromatic rings. The molecule has 0 radical (unpaired) electrons. The molecule has 0 saturated heterocycles. The summed E-state index contributed by atoms with van der Waals surface area (Å²) in [6.07, 6.45) is 0.624. The highest BCUT2D eigenvalue weighted by Crippen LogP contribution is 2.21. The van der Waals surface area contributed by atoms with E-state index in [2.05, 4.69) is 31.2 Å². The minimum absolute atomic E-state index is 0.0365. The van der Waals surface area contributed by atoms with Crippen molar-refractivity contribution in [3.05, 3.63) is 70.8 Å². The van der Waals surface area contributed by atoms with Gasteiger partial charge in [-0.2, -0.15) is 0 Å². The summed E-state index contributed by atoms with van der Waals surface area (Å²) in [6, 6.07) is 15.9. The molecule has 21 heavy (non-hydrogen) atoms. The van der Waals surface area contributed by atoms with E-state index in [9.17, 15) is 4.79 Å². The lowest BCUT2D eigenvalue weighted by Gasteiger charge is -2.24. The zero-order valence-electron chi connectivity index (χ0n) is 12.3. The van der Waals surface area contributed by atoms with Crippen molar-refractivity contribution in [2.75, 3.05) is 0 Å². The van der Waals surface area contributed by atoms with Gasteiger partial charge in [0.25, 0.3) is 0 Å². The maximum absolute atomic E-state index is 12.5. The first-order chi connectivity index (χ1) is 10.1. The van der Waals surface area contributed by atoms with Gasteiger partial charge in [0.1, 0.15) is 0 Å². The van der Waals surface area contributed by atoms with Crippen molar-refractivity contribution in [3.8, 4) is 0 Å². The van der Waals surface area contributed by atoms with Crippen LogP contribution in [-0.4, -0.2) is 16.8 Å². The Hall–Kier alpha value is -2.13. The summed E-state index contributed by atoms with van der Waals surface area (Å²) < 4.78 is 0. The molecule has 1 aliphatic heterocycles. The van der Waals surface area contributed by atoms with E-state index in [1.807, 2.05) is 29.2 Å². The van der Waals surface area contributed by atoms with E-state index in [1.54, 1.807) is 0 Å². The summed E-state index contributed by atoms with van der Waals surface area (Å²) in [5.74, 6) is 0.0365. The quantitative estimate of drug-likeness (QED) is 0.918. The molecular formula is C18H20N2O. The van der Waals surface area contributed by atoms with Crippen molar-refractivity contribution in [2.45, 2.75) is 32.5 Å². The third-order valence-electron chi connectivity index (χ3n) is 4.17. The predicted octanol–water partition coefficient (Wildman–Crippen LogP) is 2.41. The number of fused-ring (bicyclic) bond motifs is 1. The van der Waals surface area contributed by atoms with Crippen LogP contribution in [0.25, 0.3) is 0 Å². The van der Waals surface area contributed by atoms with E-state index in [0.717, 1.165) is 0 Å². The zero-order chi connectivity index (χ0) is 14.8. The molecule has 108 valence electrons. The van der Waals surface area contributed by atoms with E-state index in [4.69, 9.17) is 5.73 Å². The second kappa shape index (κ2) is 5.70. The molecule has 2 N–H and O–H groups in total. The maximum atomic E-state index is 12.5. The molecule has 0 saturated carbocycles. The summed E-state index contributed by atoms with van der Waals surface area (Å²) in [7, 11) is 0. The summed E-state index contributed by atoms with van der Waals surface area (Å²) in [5, 5.41) is 0. The lowest BCUT2D eigenvalue weighted by atomic mass is 10.0. The van der Waals surface area contributed by atoms with Gasteiger partial charge in [-0.1, -0.05) is 48.5 Å². The number of aryl methyl sites for hydroxylation is 1. The van der Waals surface area contributed by atoms with Crippen molar-refractivity contribution in [3.63, 3.8) is 0 Å². The molecule has 1 aliphatic rings. The van der Waals surface area contributed by atoms with Crippen LogP contribution in [0.3, 0.4) is 0 Å². The van der Waals surface area contributed by atoms with E-state index >= 15 is 0 Å². The summed E-state index contributed by atoms with van der Waals surface area (Å²) in [5.41, 5.74) is 10.9. The average Bonchev–Trinajstić information content (AvgIpc) is 2.60. The third-order valence-corrected chi connectivity index (χ3v) is 4.17. The van der Waals surface area contributed by atoms with E-state index in [1.165, 1.54) is 22.3 Å². The number of benzene rings is 2. The molecule has 0 aliphatic carbocycles. The monoisotopic (exact) mass is 280 g/mol. The van der Waals surface area contributed by atoms with Crippen molar-refractivity contribution in [1.29, 1.82) is 0 Å². The molecule has 0 spiro atoms. The van der Waals surface area contributed by atoms with Gasteiger partial charge < -0.3 is 10.6 Å². The molecule has 3 heteroatoms. The van der Waals surface area contributed by atoms with Crippen LogP contribution in [0.2, 0.25) is 0 Å². The summed E-state index contributed by atoms with van der Waals surface area (Å²) in [6.45, 7) is 3.33. The molecule has 1 heterocycles. The Bertz CT molecular complexity index is 666. The standard InChI is InChI=1S/C18H20N2O/c1-13-6-2-3-8-15(13)11-20-12-16-9-5-4-7-14(16)10-17(19)18(20)21/h2-9,17H,10-12,19H2,1H3. The number of nitrogens with zero attached hydrogens (tertiary/aromatic N) is 1. The number of nitrogens with two attached hydrogens (primary N) is 1. The van der Waals surface area contributed by atoms with Gasteiger partial charge in [0.05, 0.1) is 6.04 Å². The highest BCUT2D eigenvalue weighted by molar-refractivity contribution is 5.82. The van der Waals surface area contributed by atoms with Crippen LogP contribution in [0.5, 0.6) is 0 Å². The average molecular weight is 280 g/mol. The minimum Gasteiger partial charge on any atom is -0.333 e. The SMILES string of the molecule is Cc1ccccc1CN1Cc2ccccc2CC(N)C1=O. The normalized spacial score (nSPS) is 18.3. The summed E-state index contributed by atoms with van der Waals surface area (Å²) >= 11 is 0. The fourth-order valence-electron chi connectivity index (χ4n) is 2.88. The van der Waals surface area contributed by atoms with Gasteiger partial charge in [0, 0.05) is 13.1 Å². The fraction of sp³-hybridized carbons (Fsp3) is 0.278. The van der Waals surface area contributed by atoms with Crippen molar-refractivity contribution in [2.24, 2.45) is 5.73 Å². The van der Waals surface area contributed by atoms with Crippen molar-refractivity contribution in [1.82, 2.24) is 4.90 Å². The van der Waals surface area contributed by atoms with Crippen LogP contribution in [0, 0.1) is 6.92 Å². The van der Waals surface area contributed by atoms with Crippen LogP contribution in [0.4, 0.5) is 0 Å². The second-order valence-electron chi connectivity index (χ2n) is 5.70. The predicted molar refractivity (Wildman–Crippen MR) is 83.6 cm³/mol. The van der Waals surface area contributed by atoms with Crippen molar-refractivity contribution < 1.29 is 4.79 Å². The Morgan fingerprint density at radius 3 is 2.52 bits per heavy atom. The number of carbonyl (C=O) groups excluding carboxylic acids is 1. The Kier molecular flexibility index (Phi) is 3.76. The second-order valence-corrected chi connectivity index (χ2v) is 5.70. The number of hydrogen-bond acceptors (Lipinski definition) is 2. The number of rotatable bonds is 2. The van der Waals surface area contributed by atoms with Gasteiger partial charge in [0.2, 0.25) is 5.91 Å². The van der Waals surface area contributed by atoms with Gasteiger partial charge in [-0.15, -0.1) is 0 Å². The van der Waals surface area contributed by atoms with Crippen LogP contribution in [-0.2, 0) is 24.3 Å². The van der Waals surface area contributed by atoms with Crippen LogP contribution >= 0.6 is 0 Å². The molecular weight excluding hydrogens is 260 g/mol. The molecule has 1 unspecified atom stereocenters. The number of hydrogen-bond donors (Lipinski definition) is 1. The lowest BCUT2D eigenvalue weighted by Crippen LogP contribution is -2.42. The molecule has 3 nitrogen and oxygen atoms in total. The Balaban J connectivity index is 1.91. The van der Waals surface area contributed by atoms with Gasteiger partial charge in [-0.3, -0.25) is 4.79 Å². The first kappa shape index (κ1) is 13.8. The van der Waals surface area contributed by atoms with Crippen LogP contribution in [0.1, 0.15) is 22.3 Å². The smallest absolute Gasteiger partial charge is 0.240 e. The van der Waals surface area contributed by atoms with E-state index in [-0.39, 0.29) is 5.91 Å². The summed E-state index contributed by atoms with van der Waals surface area (Å²) in [4.78, 5) is 14.4. The molecule has 1 amide bonds. The Labute approximate surface area is 125 Å². The van der Waals surface area contributed by atoms with Crippen LogP contribution < -0.4 is 5.73 Å². The number of amides is 1. The molecule has 3 rings (SSSR count). The molecule has 2 aromatic carbocycles. The fourth-order valence-corrected chi connectivity index (χ4v) is 2.88. The van der Waals surface area contributed by atoms with Crippen LogP contribution in [0.15, 0.2) is 48.5 Å². The van der Waals surface area contributed by atoms with E-state index < -0.39 is 6.04 Å². The lowest BCUT2D eigenvalue weighted by molar-refractivity contribution is -0.133. The van der Waals surface area contributed by atoms with Crippen molar-refractivity contribution >= 4 is 5.91 Å². The zero-order valence-corrected chi connectivity index (χ0v) is 12.3. The number of carbonyl (C=O) groups is 1. The van der Waals surface area contributed by atoms with E-state index in [0.29, 0.717) is 19.5 Å². The third kappa shape index (κ3) is 2.83. The highest BCUT2D eigenvalue weighted by atomic mass is 16.2. The minimum atomic E-state index is -0.447. The highest BCUT2D eigenvalue weighted by Gasteiger charge is 2.26. The molecule has 0 bridgehead atoms. The van der Waals surface area contributed by atoms with Gasteiger partial charge in [-0.05, 0) is 35.6 Å². The largest absolute Gasteiger partial charge is 0.333 e. The van der Waals surface area contributed by atoms with Gasteiger partial charge in [-0.25, -0.2) is 0 Å². The molecule has 0 fully saturated rings. The molecule has 1 atom stereocenters. The topological polar surface area (TPSA) is 46.3 Å². The first-order valence-corrected chi connectivity index (χ1v) is 7.31. The molecule has 0 aromatic heterocycles. The van der Waals surface area contributed by atoms with Gasteiger partial charge >= 0.3 is 0 Å². The van der Waals surface area contributed by atoms with Gasteiger partial charge in [0.15, 0.2) is 0 Å². The Morgan fingerprint density at radius 1 is 1.10 bits per heavy atom. The Morgan fingerprint density at radius 2 is 1.76 bits per heavy atom.